The quantitative estimate of drug-likeness (QED) is 0.285. The molecule has 0 spiro atoms. The molecule has 1 saturated heterocycles. The lowest BCUT2D eigenvalue weighted by Gasteiger charge is -2.48. The molecular weight excluding hydrogens is 474 g/mol. The van der Waals surface area contributed by atoms with E-state index in [9.17, 15) is 4.79 Å². The predicted molar refractivity (Wildman–Crippen MR) is 150 cm³/mol. The number of likely N-dealkylation sites (tertiary alicyclic amines) is 1. The molecule has 1 fully saturated rings. The van der Waals surface area contributed by atoms with E-state index in [1.54, 1.807) is 0 Å². The second-order valence-corrected chi connectivity index (χ2v) is 12.6. The fourth-order valence-electron chi connectivity index (χ4n) is 6.80. The number of alkyl halides is 1. The first-order chi connectivity index (χ1) is 16.3. The summed E-state index contributed by atoms with van der Waals surface area (Å²) in [7, 11) is 0. The van der Waals surface area contributed by atoms with Crippen molar-refractivity contribution in [3.05, 3.63) is 36.1 Å². The number of fused-ring (bicyclic) bond motifs is 1. The van der Waals surface area contributed by atoms with E-state index in [1.165, 1.54) is 24.8 Å². The average Bonchev–Trinajstić information content (AvgIpc) is 3.22. The summed E-state index contributed by atoms with van der Waals surface area (Å²) in [5.41, 5.74) is 1.64. The van der Waals surface area contributed by atoms with Crippen molar-refractivity contribution in [3.63, 3.8) is 0 Å². The Kier molecular flexibility index (Phi) is 11.5. The molecule has 0 aromatic heterocycles. The summed E-state index contributed by atoms with van der Waals surface area (Å²) in [6.45, 7) is 11.7. The number of allylic oxidation sites excluding steroid dienone is 3. The van der Waals surface area contributed by atoms with Crippen LogP contribution < -0.4 is 10.6 Å². The molecule has 6 N–H and O–H groups in total. The lowest BCUT2D eigenvalue weighted by atomic mass is 9.65. The van der Waals surface area contributed by atoms with Gasteiger partial charge in [-0.3, -0.25) is 4.79 Å². The van der Waals surface area contributed by atoms with Crippen molar-refractivity contribution >= 4 is 17.5 Å². The molecule has 5 unspecified atom stereocenters. The van der Waals surface area contributed by atoms with Crippen LogP contribution in [0, 0.1) is 29.1 Å². The van der Waals surface area contributed by atoms with Gasteiger partial charge in [0.05, 0.1) is 11.4 Å². The second-order valence-electron chi connectivity index (χ2n) is 12.1. The van der Waals surface area contributed by atoms with Crippen LogP contribution in [0.25, 0.3) is 0 Å². The Bertz CT molecular complexity index is 810. The minimum atomic E-state index is -0.100. The number of rotatable bonds is 8. The largest absolute Gasteiger partial charge is 0.412 e. The van der Waals surface area contributed by atoms with Crippen LogP contribution in [0.5, 0.6) is 0 Å². The first kappa shape index (κ1) is 30.9. The van der Waals surface area contributed by atoms with Gasteiger partial charge in [-0.1, -0.05) is 52.0 Å². The first-order valence-electron chi connectivity index (χ1n) is 13.7. The van der Waals surface area contributed by atoms with Crippen molar-refractivity contribution in [2.75, 3.05) is 19.6 Å². The van der Waals surface area contributed by atoms with E-state index in [2.05, 4.69) is 73.7 Å². The summed E-state index contributed by atoms with van der Waals surface area (Å²) < 4.78 is 0. The lowest BCUT2D eigenvalue weighted by molar-refractivity contribution is -0.139. The zero-order valence-corrected chi connectivity index (χ0v) is 23.5. The molecule has 4 rings (SSSR count). The number of hydrogen-bond acceptors (Lipinski definition) is 3. The van der Waals surface area contributed by atoms with Gasteiger partial charge in [0, 0.05) is 25.0 Å². The van der Waals surface area contributed by atoms with Gasteiger partial charge in [-0.05, 0) is 86.4 Å². The van der Waals surface area contributed by atoms with Gasteiger partial charge in [0.1, 0.15) is 0 Å². The Morgan fingerprint density at radius 2 is 1.94 bits per heavy atom. The number of nitrogens with zero attached hydrogens (tertiary/aromatic N) is 1. The number of carbonyl (C=O) groups excluding carboxylic acids is 1. The zero-order valence-electron chi connectivity index (χ0n) is 22.7. The predicted octanol–water partition coefficient (Wildman–Crippen LogP) is 4.00. The molecule has 6 atom stereocenters. The minimum absolute atomic E-state index is 0. The van der Waals surface area contributed by atoms with Crippen molar-refractivity contribution in [2.24, 2.45) is 29.1 Å². The van der Waals surface area contributed by atoms with Crippen LogP contribution in [0.1, 0.15) is 72.6 Å². The number of piperidine rings is 1. The molecule has 36 heavy (non-hydrogen) atoms. The summed E-state index contributed by atoms with van der Waals surface area (Å²) in [5.74, 6) is 2.37. The number of nitrogens with one attached hydrogen (secondary N) is 2. The first-order valence-corrected chi connectivity index (χ1v) is 14.2. The van der Waals surface area contributed by atoms with Crippen molar-refractivity contribution < 1.29 is 15.7 Å². The van der Waals surface area contributed by atoms with Gasteiger partial charge in [0.25, 0.3) is 0 Å². The van der Waals surface area contributed by atoms with E-state index < -0.39 is 0 Å². The van der Waals surface area contributed by atoms with Crippen molar-refractivity contribution in [1.82, 2.24) is 15.5 Å². The van der Waals surface area contributed by atoms with E-state index in [4.69, 9.17) is 11.6 Å². The molecular formula is C29H50ClN3O3. The Morgan fingerprint density at radius 1 is 1.17 bits per heavy atom. The normalized spacial score (nSPS) is 31.6. The molecule has 206 valence electrons. The average molecular weight is 524 g/mol. The zero-order chi connectivity index (χ0) is 24.3. The lowest BCUT2D eigenvalue weighted by Crippen LogP contribution is -2.56. The molecule has 1 amide bonds. The Labute approximate surface area is 223 Å². The van der Waals surface area contributed by atoms with Crippen LogP contribution in [0.2, 0.25) is 0 Å². The molecule has 7 heteroatoms. The van der Waals surface area contributed by atoms with Gasteiger partial charge in [0.2, 0.25) is 5.91 Å². The Hall–Kier alpha value is -1.34. The Balaban J connectivity index is 0.00000228. The van der Waals surface area contributed by atoms with E-state index >= 15 is 0 Å². The van der Waals surface area contributed by atoms with Crippen molar-refractivity contribution in [3.8, 4) is 0 Å². The molecule has 2 aliphatic carbocycles. The van der Waals surface area contributed by atoms with Crippen molar-refractivity contribution in [1.29, 1.82) is 0 Å². The summed E-state index contributed by atoms with van der Waals surface area (Å²) in [6, 6.07) is 0.502. The van der Waals surface area contributed by atoms with Gasteiger partial charge in [-0.2, -0.15) is 0 Å². The number of hydrogen-bond donors (Lipinski definition) is 2. The van der Waals surface area contributed by atoms with Crippen LogP contribution in [0.4, 0.5) is 0 Å². The summed E-state index contributed by atoms with van der Waals surface area (Å²) in [5, 5.41) is 7.40. The van der Waals surface area contributed by atoms with Gasteiger partial charge >= 0.3 is 0 Å². The van der Waals surface area contributed by atoms with Crippen LogP contribution in [0.15, 0.2) is 36.1 Å². The fraction of sp³-hybridized carbons (Fsp3) is 0.759. The Morgan fingerprint density at radius 3 is 2.61 bits per heavy atom. The minimum Gasteiger partial charge on any atom is -0.412 e. The standard InChI is InChI=1S/C29H46ClN3O.2H2O/c1-20(2)27(31-16-7-8-22-18-32-26-10-6-5-9-24(22)26)28(34)33-17-15-25(29(3,4)19-33)21-11-13-23(30)14-12-21;;/h5,9,11,13,18,20-21,23-27,31-32H,6-8,10,12,14-17,19H2,1-4H3;2*1H2/t21?,23?,24?,25?,26?,27-;;/m1../s1. The van der Waals surface area contributed by atoms with Gasteiger partial charge in [0.15, 0.2) is 0 Å². The molecule has 4 aliphatic rings. The third-order valence-electron chi connectivity index (χ3n) is 8.75. The molecule has 6 nitrogen and oxygen atoms in total. The fourth-order valence-corrected chi connectivity index (χ4v) is 7.01. The van der Waals surface area contributed by atoms with Gasteiger partial charge in [-0.25, -0.2) is 0 Å². The summed E-state index contributed by atoms with van der Waals surface area (Å²) in [6.07, 6.45) is 19.4. The van der Waals surface area contributed by atoms with Crippen molar-refractivity contribution in [2.45, 2.75) is 90.1 Å². The van der Waals surface area contributed by atoms with Gasteiger partial charge in [-0.15, -0.1) is 11.6 Å². The molecule has 0 aromatic carbocycles. The summed E-state index contributed by atoms with van der Waals surface area (Å²) >= 11 is 6.28. The number of carbonyl (C=O) groups is 1. The van der Waals surface area contributed by atoms with E-state index in [1.807, 2.05) is 0 Å². The third kappa shape index (κ3) is 7.15. The summed E-state index contributed by atoms with van der Waals surface area (Å²) in [4.78, 5) is 15.7. The van der Waals surface area contributed by atoms with Crippen LogP contribution in [0.3, 0.4) is 0 Å². The molecule has 2 heterocycles. The molecule has 0 bridgehead atoms. The van der Waals surface area contributed by atoms with Crippen LogP contribution in [-0.2, 0) is 4.79 Å². The second kappa shape index (κ2) is 13.5. The van der Waals surface area contributed by atoms with E-state index in [-0.39, 0.29) is 33.7 Å². The maximum atomic E-state index is 13.6. The highest BCUT2D eigenvalue weighted by atomic mass is 35.5. The van der Waals surface area contributed by atoms with Gasteiger partial charge < -0.3 is 26.5 Å². The third-order valence-corrected chi connectivity index (χ3v) is 9.12. The monoisotopic (exact) mass is 523 g/mol. The SMILES string of the molecule is CC(C)[C@@H](NCCCC1=CNC2CCC=CC12)C(=O)N1CCC(C2C=CC(Cl)CC2)C(C)(C)C1.O.O. The van der Waals surface area contributed by atoms with Crippen LogP contribution >= 0.6 is 11.6 Å². The van der Waals surface area contributed by atoms with Crippen LogP contribution in [-0.4, -0.2) is 58.9 Å². The van der Waals surface area contributed by atoms with E-state index in [0.717, 1.165) is 45.3 Å². The smallest absolute Gasteiger partial charge is 0.239 e. The molecule has 0 radical (unpaired) electrons. The topological polar surface area (TPSA) is 107 Å². The highest BCUT2D eigenvalue weighted by Crippen LogP contribution is 2.43. The molecule has 0 aromatic rings. The molecule has 0 saturated carbocycles. The number of halogens is 1. The van der Waals surface area contributed by atoms with E-state index in [0.29, 0.717) is 29.7 Å². The highest BCUT2D eigenvalue weighted by molar-refractivity contribution is 6.21. The maximum absolute atomic E-state index is 13.6. The molecule has 2 aliphatic heterocycles. The highest BCUT2D eigenvalue weighted by Gasteiger charge is 2.42. The number of amides is 1. The maximum Gasteiger partial charge on any atom is 0.239 e.